The molecule has 110 valence electrons. The first-order valence-electron chi connectivity index (χ1n) is 6.32. The van der Waals surface area contributed by atoms with Gasteiger partial charge >= 0.3 is 0 Å². The van der Waals surface area contributed by atoms with Gasteiger partial charge in [0.25, 0.3) is 0 Å². The van der Waals surface area contributed by atoms with Gasteiger partial charge in [-0.15, -0.1) is 0 Å². The Labute approximate surface area is 132 Å². The van der Waals surface area contributed by atoms with E-state index in [2.05, 4.69) is 56.0 Å². The molecule has 0 radical (unpaired) electrons. The molecule has 0 aromatic heterocycles. The van der Waals surface area contributed by atoms with Crippen molar-refractivity contribution in [2.24, 2.45) is 5.92 Å². The Bertz CT molecular complexity index is 381. The minimum atomic E-state index is 0.142. The van der Waals surface area contributed by atoms with Crippen LogP contribution in [0.2, 0.25) is 5.02 Å². The standard InChI is InChI=1S/C10H15ClN2S2.C4H10/c1-6-4-8(7(2)12-14)9(11)5-10(6)13-15-3;1-4(2)3/h4-5,7,12-14H,1-3H3;4H,1-3H3. The molecule has 1 rings (SSSR count). The summed E-state index contributed by atoms with van der Waals surface area (Å²) < 4.78 is 6.08. The predicted octanol–water partition coefficient (Wildman–Crippen LogP) is 5.50. The van der Waals surface area contributed by atoms with Crippen molar-refractivity contribution in [1.29, 1.82) is 0 Å². The molecule has 0 spiro atoms. The van der Waals surface area contributed by atoms with Crippen LogP contribution in [0.1, 0.15) is 44.9 Å². The Morgan fingerprint density at radius 2 is 1.74 bits per heavy atom. The lowest BCUT2D eigenvalue weighted by atomic mass is 10.1. The van der Waals surface area contributed by atoms with E-state index in [9.17, 15) is 0 Å². The Morgan fingerprint density at radius 1 is 1.21 bits per heavy atom. The van der Waals surface area contributed by atoms with Crippen LogP contribution in [-0.2, 0) is 0 Å². The van der Waals surface area contributed by atoms with Gasteiger partial charge in [0.05, 0.1) is 0 Å². The first-order valence-corrected chi connectivity index (χ1v) is 8.37. The van der Waals surface area contributed by atoms with Gasteiger partial charge in [-0.05, 0) is 37.0 Å². The van der Waals surface area contributed by atoms with Crippen molar-refractivity contribution in [3.05, 3.63) is 28.3 Å². The highest BCUT2D eigenvalue weighted by molar-refractivity contribution is 7.99. The van der Waals surface area contributed by atoms with Crippen molar-refractivity contribution in [3.8, 4) is 0 Å². The molecule has 1 unspecified atom stereocenters. The quantitative estimate of drug-likeness (QED) is 0.504. The van der Waals surface area contributed by atoms with Crippen LogP contribution in [0.15, 0.2) is 12.1 Å². The van der Waals surface area contributed by atoms with Crippen LogP contribution < -0.4 is 9.44 Å². The Morgan fingerprint density at radius 3 is 2.16 bits per heavy atom. The summed E-state index contributed by atoms with van der Waals surface area (Å²) in [5, 5.41) is 0.756. The highest BCUT2D eigenvalue weighted by Gasteiger charge is 2.10. The second kappa shape index (κ2) is 9.81. The third-order valence-corrected chi connectivity index (χ3v) is 3.35. The zero-order chi connectivity index (χ0) is 15.0. The highest BCUT2D eigenvalue weighted by atomic mass is 35.5. The van der Waals surface area contributed by atoms with Crippen molar-refractivity contribution < 1.29 is 0 Å². The molecule has 1 atom stereocenters. The summed E-state index contributed by atoms with van der Waals surface area (Å²) in [5.41, 5.74) is 3.30. The Kier molecular flexibility index (Phi) is 9.79. The fraction of sp³-hybridized carbons (Fsp3) is 0.571. The summed E-state index contributed by atoms with van der Waals surface area (Å²) in [6.45, 7) is 10.6. The Balaban J connectivity index is 0.000000711. The topological polar surface area (TPSA) is 24.1 Å². The van der Waals surface area contributed by atoms with Crippen LogP contribution in [0.5, 0.6) is 0 Å². The van der Waals surface area contributed by atoms with Gasteiger partial charge in [0.2, 0.25) is 0 Å². The van der Waals surface area contributed by atoms with Gasteiger partial charge < -0.3 is 4.72 Å². The number of nitrogens with one attached hydrogen (secondary N) is 2. The summed E-state index contributed by atoms with van der Waals surface area (Å²) in [6, 6.07) is 4.17. The number of benzene rings is 1. The summed E-state index contributed by atoms with van der Waals surface area (Å²) in [4.78, 5) is 0. The SMILES string of the molecule is CC(C)C.CSNc1cc(Cl)c(C(C)NS)cc1C. The maximum atomic E-state index is 6.19. The normalized spacial score (nSPS) is 11.8. The van der Waals surface area contributed by atoms with Crippen LogP contribution >= 0.6 is 36.4 Å². The van der Waals surface area contributed by atoms with Crippen LogP contribution in [0.4, 0.5) is 5.69 Å². The monoisotopic (exact) mass is 320 g/mol. The van der Waals surface area contributed by atoms with Crippen molar-refractivity contribution in [1.82, 2.24) is 4.72 Å². The molecule has 0 aliphatic heterocycles. The third-order valence-electron chi connectivity index (χ3n) is 2.22. The zero-order valence-electron chi connectivity index (χ0n) is 12.5. The lowest BCUT2D eigenvalue weighted by Crippen LogP contribution is -2.08. The van der Waals surface area contributed by atoms with E-state index in [0.29, 0.717) is 0 Å². The molecular formula is C14H25ClN2S2. The van der Waals surface area contributed by atoms with Crippen molar-refractivity contribution in [3.63, 3.8) is 0 Å². The second-order valence-corrected chi connectivity index (χ2v) is 6.36. The van der Waals surface area contributed by atoms with E-state index in [4.69, 9.17) is 11.6 Å². The van der Waals surface area contributed by atoms with Crippen LogP contribution in [0, 0.1) is 12.8 Å². The van der Waals surface area contributed by atoms with E-state index in [1.807, 2.05) is 19.2 Å². The minimum Gasteiger partial charge on any atom is -0.330 e. The maximum Gasteiger partial charge on any atom is 0.0484 e. The Hall–Kier alpha value is -0.0300. The molecule has 0 aliphatic carbocycles. The molecule has 19 heavy (non-hydrogen) atoms. The number of anilines is 1. The van der Waals surface area contributed by atoms with Crippen LogP contribution in [-0.4, -0.2) is 6.26 Å². The fourth-order valence-corrected chi connectivity index (χ4v) is 2.23. The lowest BCUT2D eigenvalue weighted by Gasteiger charge is -2.15. The highest BCUT2D eigenvalue weighted by Crippen LogP contribution is 2.30. The zero-order valence-corrected chi connectivity index (χ0v) is 15.0. The van der Waals surface area contributed by atoms with Gasteiger partial charge in [-0.3, -0.25) is 4.72 Å². The molecule has 5 heteroatoms. The molecular weight excluding hydrogens is 296 g/mol. The van der Waals surface area contributed by atoms with E-state index < -0.39 is 0 Å². The van der Waals surface area contributed by atoms with Gasteiger partial charge in [-0.2, -0.15) is 0 Å². The van der Waals surface area contributed by atoms with Crippen LogP contribution in [0.25, 0.3) is 0 Å². The molecule has 0 bridgehead atoms. The van der Waals surface area contributed by atoms with E-state index >= 15 is 0 Å². The molecule has 0 aliphatic rings. The van der Waals surface area contributed by atoms with Crippen LogP contribution in [0.3, 0.4) is 0 Å². The molecule has 0 saturated carbocycles. The number of rotatable bonds is 4. The summed E-state index contributed by atoms with van der Waals surface area (Å²) in [6.07, 6.45) is 1.99. The largest absolute Gasteiger partial charge is 0.330 e. The smallest absolute Gasteiger partial charge is 0.0484 e. The molecule has 0 amide bonds. The van der Waals surface area contributed by atoms with E-state index in [0.717, 1.165) is 22.2 Å². The molecule has 1 aromatic rings. The first-order chi connectivity index (χ1) is 8.83. The summed E-state index contributed by atoms with van der Waals surface area (Å²) in [7, 11) is 0. The summed E-state index contributed by atoms with van der Waals surface area (Å²) in [5.74, 6) is 0.833. The molecule has 1 aromatic carbocycles. The molecule has 0 heterocycles. The van der Waals surface area contributed by atoms with E-state index in [-0.39, 0.29) is 6.04 Å². The molecule has 2 nitrogen and oxygen atoms in total. The number of thiol groups is 1. The molecule has 2 N–H and O–H groups in total. The predicted molar refractivity (Wildman–Crippen MR) is 94.4 cm³/mol. The fourth-order valence-electron chi connectivity index (χ4n) is 1.33. The van der Waals surface area contributed by atoms with Crippen molar-refractivity contribution in [2.75, 3.05) is 11.0 Å². The van der Waals surface area contributed by atoms with Gasteiger partial charge in [0, 0.05) is 23.0 Å². The van der Waals surface area contributed by atoms with Crippen molar-refractivity contribution in [2.45, 2.75) is 40.7 Å². The van der Waals surface area contributed by atoms with Gasteiger partial charge in [-0.25, -0.2) is 0 Å². The number of hydrogen-bond donors (Lipinski definition) is 3. The van der Waals surface area contributed by atoms with Gasteiger partial charge in [-0.1, -0.05) is 63.2 Å². The van der Waals surface area contributed by atoms with Gasteiger partial charge in [0.15, 0.2) is 0 Å². The van der Waals surface area contributed by atoms with Crippen molar-refractivity contribution >= 4 is 42.1 Å². The van der Waals surface area contributed by atoms with E-state index in [1.54, 1.807) is 11.9 Å². The maximum absolute atomic E-state index is 6.19. The number of aryl methyl sites for hydroxylation is 1. The van der Waals surface area contributed by atoms with Gasteiger partial charge in [0.1, 0.15) is 0 Å². The lowest BCUT2D eigenvalue weighted by molar-refractivity contribution is 0.737. The number of halogens is 1. The first kappa shape index (κ1) is 19.0. The number of hydrogen-bond acceptors (Lipinski definition) is 4. The third kappa shape index (κ3) is 7.35. The second-order valence-electron chi connectivity index (χ2n) is 5.08. The summed E-state index contributed by atoms with van der Waals surface area (Å²) >= 11 is 11.8. The average Bonchev–Trinajstić information content (AvgIpc) is 2.32. The molecule has 0 saturated heterocycles. The van der Waals surface area contributed by atoms with E-state index in [1.165, 1.54) is 5.56 Å². The average molecular weight is 321 g/mol. The molecule has 0 fully saturated rings. The minimum absolute atomic E-state index is 0.142.